The van der Waals surface area contributed by atoms with Crippen molar-refractivity contribution in [3.05, 3.63) is 0 Å². The number of Topliss-reactive ketones (excluding diaryl/α,β-unsaturated/α-hetero) is 1. The van der Waals surface area contributed by atoms with Crippen molar-refractivity contribution >= 4 is 11.8 Å². The van der Waals surface area contributed by atoms with E-state index >= 15 is 0 Å². The second-order valence-electron chi connectivity index (χ2n) is 3.22. The molecule has 0 saturated carbocycles. The van der Waals surface area contributed by atoms with Gasteiger partial charge in [0.25, 0.3) is 0 Å². The number of carbonyl (C=O) groups excluding carboxylic acids is 2. The van der Waals surface area contributed by atoms with Crippen molar-refractivity contribution in [2.75, 3.05) is 13.7 Å². The van der Waals surface area contributed by atoms with Gasteiger partial charge in [-0.3, -0.25) is 9.59 Å². The lowest BCUT2D eigenvalue weighted by molar-refractivity contribution is -0.145. The van der Waals surface area contributed by atoms with Gasteiger partial charge in [-0.15, -0.1) is 0 Å². The topological polar surface area (TPSA) is 63.6 Å². The van der Waals surface area contributed by atoms with E-state index in [0.717, 1.165) is 0 Å². The van der Waals surface area contributed by atoms with Crippen LogP contribution in [0, 0.1) is 11.8 Å². The zero-order valence-electron chi connectivity index (χ0n) is 8.24. The van der Waals surface area contributed by atoms with Crippen molar-refractivity contribution in [1.29, 1.82) is 0 Å². The van der Waals surface area contributed by atoms with Crippen LogP contribution in [0.3, 0.4) is 0 Å². The largest absolute Gasteiger partial charge is 0.469 e. The Bertz CT molecular complexity index is 186. The van der Waals surface area contributed by atoms with Crippen LogP contribution in [0.15, 0.2) is 0 Å². The summed E-state index contributed by atoms with van der Waals surface area (Å²) in [5.74, 6) is -1.35. The first kappa shape index (κ1) is 12.1. The first-order chi connectivity index (χ1) is 6.02. The molecule has 0 amide bonds. The molecule has 1 atom stereocenters. The van der Waals surface area contributed by atoms with E-state index in [4.69, 9.17) is 5.11 Å². The predicted molar refractivity (Wildman–Crippen MR) is 47.1 cm³/mol. The number of carbonyl (C=O) groups is 2. The van der Waals surface area contributed by atoms with Crippen LogP contribution in [-0.2, 0) is 14.3 Å². The van der Waals surface area contributed by atoms with Crippen molar-refractivity contribution in [3.8, 4) is 0 Å². The zero-order valence-corrected chi connectivity index (χ0v) is 8.24. The average molecular weight is 188 g/mol. The van der Waals surface area contributed by atoms with E-state index in [-0.39, 0.29) is 24.7 Å². The fourth-order valence-electron chi connectivity index (χ4n) is 1.01. The number of hydrogen-bond donors (Lipinski definition) is 1. The number of ketones is 1. The third-order valence-electron chi connectivity index (χ3n) is 1.83. The molecule has 0 aromatic carbocycles. The number of esters is 1. The SMILES string of the molecule is COC(=O)CC(CO)C(=O)C(C)C. The van der Waals surface area contributed by atoms with Crippen LogP contribution >= 0.6 is 0 Å². The van der Waals surface area contributed by atoms with Crippen LogP contribution in [0.4, 0.5) is 0 Å². The summed E-state index contributed by atoms with van der Waals surface area (Å²) >= 11 is 0. The molecule has 4 heteroatoms. The molecular formula is C9H16O4. The lowest BCUT2D eigenvalue weighted by Crippen LogP contribution is -2.26. The smallest absolute Gasteiger partial charge is 0.306 e. The Kier molecular flexibility index (Phi) is 5.30. The van der Waals surface area contributed by atoms with Gasteiger partial charge < -0.3 is 9.84 Å². The van der Waals surface area contributed by atoms with Crippen molar-refractivity contribution in [3.63, 3.8) is 0 Å². The van der Waals surface area contributed by atoms with E-state index in [1.165, 1.54) is 7.11 Å². The van der Waals surface area contributed by atoms with Crippen LogP contribution in [0.2, 0.25) is 0 Å². The summed E-state index contributed by atoms with van der Waals surface area (Å²) in [6, 6.07) is 0. The summed E-state index contributed by atoms with van der Waals surface area (Å²) in [5.41, 5.74) is 0. The third kappa shape index (κ3) is 4.03. The van der Waals surface area contributed by atoms with E-state index in [0.29, 0.717) is 0 Å². The van der Waals surface area contributed by atoms with Crippen LogP contribution in [0.5, 0.6) is 0 Å². The van der Waals surface area contributed by atoms with Gasteiger partial charge in [-0.05, 0) is 0 Å². The van der Waals surface area contributed by atoms with Crippen molar-refractivity contribution < 1.29 is 19.4 Å². The average Bonchev–Trinajstić information content (AvgIpc) is 2.12. The first-order valence-electron chi connectivity index (χ1n) is 4.24. The highest BCUT2D eigenvalue weighted by atomic mass is 16.5. The summed E-state index contributed by atoms with van der Waals surface area (Å²) in [5, 5.41) is 8.86. The zero-order chi connectivity index (χ0) is 10.4. The van der Waals surface area contributed by atoms with Gasteiger partial charge in [-0.25, -0.2) is 0 Å². The number of aliphatic hydroxyl groups is 1. The fourth-order valence-corrected chi connectivity index (χ4v) is 1.01. The molecule has 0 aliphatic heterocycles. The Balaban J connectivity index is 4.18. The lowest BCUT2D eigenvalue weighted by Gasteiger charge is -2.13. The third-order valence-corrected chi connectivity index (χ3v) is 1.83. The maximum Gasteiger partial charge on any atom is 0.306 e. The molecule has 0 saturated heterocycles. The first-order valence-corrected chi connectivity index (χ1v) is 4.24. The molecule has 0 fully saturated rings. The Hall–Kier alpha value is -0.900. The normalized spacial score (nSPS) is 12.7. The standard InChI is InChI=1S/C9H16O4/c1-6(2)9(12)7(5-10)4-8(11)13-3/h6-7,10H,4-5H2,1-3H3. The highest BCUT2D eigenvalue weighted by molar-refractivity contribution is 5.86. The number of aliphatic hydroxyl groups excluding tert-OH is 1. The van der Waals surface area contributed by atoms with E-state index in [1.807, 2.05) is 0 Å². The Morgan fingerprint density at radius 3 is 2.23 bits per heavy atom. The van der Waals surface area contributed by atoms with Crippen LogP contribution in [0.1, 0.15) is 20.3 Å². The van der Waals surface area contributed by atoms with Gasteiger partial charge >= 0.3 is 5.97 Å². The van der Waals surface area contributed by atoms with Crippen molar-refractivity contribution in [1.82, 2.24) is 0 Å². The van der Waals surface area contributed by atoms with Gasteiger partial charge in [0, 0.05) is 5.92 Å². The molecule has 0 aromatic rings. The molecular weight excluding hydrogens is 172 g/mol. The summed E-state index contributed by atoms with van der Waals surface area (Å²) in [4.78, 5) is 22.2. The highest BCUT2D eigenvalue weighted by Gasteiger charge is 2.23. The van der Waals surface area contributed by atoms with Gasteiger partial charge in [0.1, 0.15) is 5.78 Å². The summed E-state index contributed by atoms with van der Waals surface area (Å²) < 4.78 is 4.41. The summed E-state index contributed by atoms with van der Waals surface area (Å²) in [6.45, 7) is 3.18. The molecule has 0 heterocycles. The van der Waals surface area contributed by atoms with E-state index < -0.39 is 11.9 Å². The minimum Gasteiger partial charge on any atom is -0.469 e. The van der Waals surface area contributed by atoms with Gasteiger partial charge in [0.15, 0.2) is 0 Å². The Morgan fingerprint density at radius 2 is 1.92 bits per heavy atom. The van der Waals surface area contributed by atoms with E-state index in [2.05, 4.69) is 4.74 Å². The molecule has 4 nitrogen and oxygen atoms in total. The minimum atomic E-state index is -0.618. The predicted octanol–water partition coefficient (Wildman–Crippen LogP) is 0.383. The van der Waals surface area contributed by atoms with Crippen LogP contribution in [-0.4, -0.2) is 30.6 Å². The quantitative estimate of drug-likeness (QED) is 0.634. The molecule has 0 bridgehead atoms. The lowest BCUT2D eigenvalue weighted by atomic mass is 9.93. The highest BCUT2D eigenvalue weighted by Crippen LogP contribution is 2.11. The molecule has 76 valence electrons. The van der Waals surface area contributed by atoms with Crippen LogP contribution < -0.4 is 0 Å². The van der Waals surface area contributed by atoms with E-state index in [9.17, 15) is 9.59 Å². The Morgan fingerprint density at radius 1 is 1.38 bits per heavy atom. The van der Waals surface area contributed by atoms with Crippen molar-refractivity contribution in [2.24, 2.45) is 11.8 Å². The number of methoxy groups -OCH3 is 1. The van der Waals surface area contributed by atoms with Gasteiger partial charge in [0.05, 0.1) is 26.1 Å². The Labute approximate surface area is 77.9 Å². The molecule has 0 rings (SSSR count). The van der Waals surface area contributed by atoms with Crippen LogP contribution in [0.25, 0.3) is 0 Å². The van der Waals surface area contributed by atoms with Crippen molar-refractivity contribution in [2.45, 2.75) is 20.3 Å². The second-order valence-corrected chi connectivity index (χ2v) is 3.22. The molecule has 0 spiro atoms. The number of hydrogen-bond acceptors (Lipinski definition) is 4. The van der Waals surface area contributed by atoms with Gasteiger partial charge in [-0.2, -0.15) is 0 Å². The summed E-state index contributed by atoms with van der Waals surface area (Å²) in [7, 11) is 1.26. The second kappa shape index (κ2) is 5.70. The fraction of sp³-hybridized carbons (Fsp3) is 0.778. The van der Waals surface area contributed by atoms with Gasteiger partial charge in [0.2, 0.25) is 0 Å². The maximum absolute atomic E-state index is 11.4. The molecule has 1 unspecified atom stereocenters. The van der Waals surface area contributed by atoms with Gasteiger partial charge in [-0.1, -0.05) is 13.8 Å². The molecule has 0 aliphatic carbocycles. The van der Waals surface area contributed by atoms with E-state index in [1.54, 1.807) is 13.8 Å². The molecule has 1 N–H and O–H groups in total. The molecule has 0 radical (unpaired) electrons. The monoisotopic (exact) mass is 188 g/mol. The maximum atomic E-state index is 11.4. The number of rotatable bonds is 5. The molecule has 13 heavy (non-hydrogen) atoms. The molecule has 0 aromatic heterocycles. The number of ether oxygens (including phenoxy) is 1. The molecule has 0 aliphatic rings. The minimum absolute atomic E-state index is 0.0377. The summed E-state index contributed by atoms with van der Waals surface area (Å²) in [6.07, 6.45) is -0.0377.